The van der Waals surface area contributed by atoms with E-state index in [4.69, 9.17) is 9.47 Å². The van der Waals surface area contributed by atoms with Gasteiger partial charge >= 0.3 is 0 Å². The molecule has 0 atom stereocenters. The van der Waals surface area contributed by atoms with Gasteiger partial charge in [0.2, 0.25) is 5.95 Å². The molecular weight excluding hydrogens is 292 g/mol. The lowest BCUT2D eigenvalue weighted by Crippen LogP contribution is -2.24. The molecule has 0 unspecified atom stereocenters. The van der Waals surface area contributed by atoms with E-state index in [0.717, 1.165) is 47.7 Å². The minimum atomic E-state index is 0.722. The van der Waals surface area contributed by atoms with E-state index in [1.165, 1.54) is 0 Å². The van der Waals surface area contributed by atoms with E-state index in [0.29, 0.717) is 0 Å². The first-order chi connectivity index (χ1) is 11.1. The van der Waals surface area contributed by atoms with Gasteiger partial charge in [0, 0.05) is 30.9 Å². The fourth-order valence-electron chi connectivity index (χ4n) is 2.31. The summed E-state index contributed by atoms with van der Waals surface area (Å²) in [4.78, 5) is 11.2. The molecule has 0 aliphatic rings. The highest BCUT2D eigenvalue weighted by atomic mass is 16.5. The molecule has 23 heavy (non-hydrogen) atoms. The molecule has 0 aliphatic carbocycles. The number of hydrogen-bond donors (Lipinski definition) is 1. The normalized spacial score (nSPS) is 10.3. The Morgan fingerprint density at radius 1 is 1.04 bits per heavy atom. The molecule has 0 bridgehead atoms. The molecule has 1 N–H and O–H groups in total. The van der Waals surface area contributed by atoms with Gasteiger partial charge in [-0.2, -0.15) is 4.98 Å². The van der Waals surface area contributed by atoms with Crippen LogP contribution in [-0.2, 0) is 0 Å². The van der Waals surface area contributed by atoms with Crippen molar-refractivity contribution in [3.8, 4) is 11.5 Å². The van der Waals surface area contributed by atoms with Gasteiger partial charge in [0.1, 0.15) is 17.3 Å². The van der Waals surface area contributed by atoms with Crippen molar-refractivity contribution < 1.29 is 9.47 Å². The number of aryl methyl sites for hydroxylation is 1. The quantitative estimate of drug-likeness (QED) is 0.845. The molecule has 2 aromatic rings. The number of anilines is 3. The largest absolute Gasteiger partial charge is 0.497 e. The van der Waals surface area contributed by atoms with Crippen LogP contribution in [0.25, 0.3) is 0 Å². The van der Waals surface area contributed by atoms with E-state index < -0.39 is 0 Å². The number of rotatable bonds is 7. The van der Waals surface area contributed by atoms with Crippen LogP contribution in [0.5, 0.6) is 11.5 Å². The van der Waals surface area contributed by atoms with E-state index in [1.54, 1.807) is 14.2 Å². The fraction of sp³-hybridized carbons (Fsp3) is 0.412. The highest BCUT2D eigenvalue weighted by molar-refractivity contribution is 5.67. The van der Waals surface area contributed by atoms with Crippen molar-refractivity contribution in [3.63, 3.8) is 0 Å². The van der Waals surface area contributed by atoms with E-state index in [1.807, 2.05) is 31.2 Å². The van der Waals surface area contributed by atoms with Crippen LogP contribution < -0.4 is 19.7 Å². The maximum absolute atomic E-state index is 5.40. The van der Waals surface area contributed by atoms with Crippen LogP contribution in [0.3, 0.4) is 0 Å². The lowest BCUT2D eigenvalue weighted by atomic mass is 10.2. The smallest absolute Gasteiger partial charge is 0.227 e. The van der Waals surface area contributed by atoms with Crippen LogP contribution >= 0.6 is 0 Å². The number of methoxy groups -OCH3 is 2. The minimum absolute atomic E-state index is 0.722. The summed E-state index contributed by atoms with van der Waals surface area (Å²) < 4.78 is 10.7. The molecule has 6 nitrogen and oxygen atoms in total. The van der Waals surface area contributed by atoms with Crippen molar-refractivity contribution in [2.24, 2.45) is 0 Å². The summed E-state index contributed by atoms with van der Waals surface area (Å²) in [6.07, 6.45) is 0. The summed E-state index contributed by atoms with van der Waals surface area (Å²) in [5.74, 6) is 2.93. The number of hydrogen-bond acceptors (Lipinski definition) is 6. The van der Waals surface area contributed by atoms with Crippen LogP contribution in [-0.4, -0.2) is 37.3 Å². The van der Waals surface area contributed by atoms with E-state index in [2.05, 4.69) is 34.0 Å². The molecule has 2 rings (SSSR count). The SMILES string of the molecule is CCN(CC)c1nc(C)cc(Nc2cc(OC)ccc2OC)n1. The topological polar surface area (TPSA) is 59.5 Å². The molecule has 1 aromatic heterocycles. The Balaban J connectivity index is 2.36. The van der Waals surface area contributed by atoms with Crippen LogP contribution in [0, 0.1) is 6.92 Å². The van der Waals surface area contributed by atoms with Crippen LogP contribution in [0.4, 0.5) is 17.5 Å². The van der Waals surface area contributed by atoms with Gasteiger partial charge < -0.3 is 19.7 Å². The fourth-order valence-corrected chi connectivity index (χ4v) is 2.31. The van der Waals surface area contributed by atoms with Crippen molar-refractivity contribution in [2.45, 2.75) is 20.8 Å². The number of ether oxygens (including phenoxy) is 2. The van der Waals surface area contributed by atoms with E-state index in [9.17, 15) is 0 Å². The van der Waals surface area contributed by atoms with Crippen molar-refractivity contribution in [1.82, 2.24) is 9.97 Å². The van der Waals surface area contributed by atoms with Crippen LogP contribution in [0.1, 0.15) is 19.5 Å². The molecule has 0 saturated carbocycles. The van der Waals surface area contributed by atoms with Crippen molar-refractivity contribution in [1.29, 1.82) is 0 Å². The van der Waals surface area contributed by atoms with Crippen LogP contribution in [0.2, 0.25) is 0 Å². The zero-order chi connectivity index (χ0) is 16.8. The number of nitrogens with one attached hydrogen (secondary N) is 1. The Morgan fingerprint density at radius 3 is 2.39 bits per heavy atom. The predicted molar refractivity (Wildman–Crippen MR) is 93.2 cm³/mol. The molecule has 124 valence electrons. The highest BCUT2D eigenvalue weighted by Gasteiger charge is 2.11. The minimum Gasteiger partial charge on any atom is -0.497 e. The average molecular weight is 316 g/mol. The van der Waals surface area contributed by atoms with Gasteiger partial charge in [-0.15, -0.1) is 0 Å². The number of benzene rings is 1. The number of aromatic nitrogens is 2. The Hall–Kier alpha value is -2.50. The highest BCUT2D eigenvalue weighted by Crippen LogP contribution is 2.31. The van der Waals surface area contributed by atoms with Crippen LogP contribution in [0.15, 0.2) is 24.3 Å². The Morgan fingerprint density at radius 2 is 1.78 bits per heavy atom. The Kier molecular flexibility index (Phi) is 5.62. The standard InChI is InChI=1S/C17H24N4O2/c1-6-21(7-2)17-18-12(3)10-16(20-17)19-14-11-13(22-4)8-9-15(14)23-5/h8-11H,6-7H2,1-5H3,(H,18,19,20). The lowest BCUT2D eigenvalue weighted by molar-refractivity contribution is 0.405. The molecule has 0 radical (unpaired) electrons. The third-order valence-electron chi connectivity index (χ3n) is 3.56. The van der Waals surface area contributed by atoms with Gasteiger partial charge in [0.05, 0.1) is 19.9 Å². The predicted octanol–water partition coefficient (Wildman–Crippen LogP) is 3.39. The first-order valence-electron chi connectivity index (χ1n) is 7.70. The van der Waals surface area contributed by atoms with Gasteiger partial charge in [-0.25, -0.2) is 4.98 Å². The summed E-state index contributed by atoms with van der Waals surface area (Å²) in [7, 11) is 3.28. The second-order valence-corrected chi connectivity index (χ2v) is 5.06. The van der Waals surface area contributed by atoms with Gasteiger partial charge in [-0.1, -0.05) is 0 Å². The van der Waals surface area contributed by atoms with Crippen molar-refractivity contribution in [3.05, 3.63) is 30.0 Å². The van der Waals surface area contributed by atoms with Crippen molar-refractivity contribution >= 4 is 17.5 Å². The average Bonchev–Trinajstić information content (AvgIpc) is 2.55. The van der Waals surface area contributed by atoms with Gasteiger partial charge in [-0.3, -0.25) is 0 Å². The summed E-state index contributed by atoms with van der Waals surface area (Å²) in [5, 5.41) is 3.30. The summed E-state index contributed by atoms with van der Waals surface area (Å²) in [6.45, 7) is 7.87. The maximum atomic E-state index is 5.40. The molecule has 0 amide bonds. The third-order valence-corrected chi connectivity index (χ3v) is 3.56. The first kappa shape index (κ1) is 16.9. The molecule has 0 spiro atoms. The number of nitrogens with zero attached hydrogens (tertiary/aromatic N) is 3. The van der Waals surface area contributed by atoms with Crippen molar-refractivity contribution in [2.75, 3.05) is 37.5 Å². The summed E-state index contributed by atoms with van der Waals surface area (Å²) in [5.41, 5.74) is 1.71. The molecule has 1 aromatic carbocycles. The first-order valence-corrected chi connectivity index (χ1v) is 7.70. The summed E-state index contributed by atoms with van der Waals surface area (Å²) in [6, 6.07) is 7.51. The zero-order valence-corrected chi connectivity index (χ0v) is 14.4. The second kappa shape index (κ2) is 7.67. The monoisotopic (exact) mass is 316 g/mol. The lowest BCUT2D eigenvalue weighted by Gasteiger charge is -2.20. The summed E-state index contributed by atoms with van der Waals surface area (Å²) >= 11 is 0. The van der Waals surface area contributed by atoms with Gasteiger partial charge in [0.15, 0.2) is 0 Å². The van der Waals surface area contributed by atoms with E-state index >= 15 is 0 Å². The molecule has 0 fully saturated rings. The zero-order valence-electron chi connectivity index (χ0n) is 14.4. The Labute approximate surface area is 137 Å². The molecule has 1 heterocycles. The Bertz CT molecular complexity index is 657. The van der Waals surface area contributed by atoms with E-state index in [-0.39, 0.29) is 0 Å². The van der Waals surface area contributed by atoms with Gasteiger partial charge in [0.25, 0.3) is 0 Å². The second-order valence-electron chi connectivity index (χ2n) is 5.06. The molecule has 6 heteroatoms. The molecule has 0 saturated heterocycles. The molecular formula is C17H24N4O2. The third kappa shape index (κ3) is 4.03. The van der Waals surface area contributed by atoms with Gasteiger partial charge in [-0.05, 0) is 32.9 Å². The molecule has 0 aliphatic heterocycles. The maximum Gasteiger partial charge on any atom is 0.227 e.